The van der Waals surface area contributed by atoms with Gasteiger partial charge in [0.1, 0.15) is 0 Å². The lowest BCUT2D eigenvalue weighted by Crippen LogP contribution is -2.39. The lowest BCUT2D eigenvalue weighted by atomic mass is 9.80. The molecular formula is C14H25N3. The molecular weight excluding hydrogens is 210 g/mol. The van der Waals surface area contributed by atoms with Crippen LogP contribution in [0, 0.1) is 18.8 Å². The maximum atomic E-state index is 4.39. The number of rotatable bonds is 3. The lowest BCUT2D eigenvalue weighted by Gasteiger charge is -2.33. The second-order valence-corrected chi connectivity index (χ2v) is 5.80. The largest absolute Gasteiger partial charge is 0.310 e. The Labute approximate surface area is 105 Å². The molecule has 1 aromatic rings. The Morgan fingerprint density at radius 1 is 1.41 bits per heavy atom. The van der Waals surface area contributed by atoms with Gasteiger partial charge in [0, 0.05) is 31.4 Å². The molecule has 3 nitrogen and oxygen atoms in total. The summed E-state index contributed by atoms with van der Waals surface area (Å²) in [4.78, 5) is 0. The number of hydrogen-bond acceptors (Lipinski definition) is 2. The van der Waals surface area contributed by atoms with Crippen LogP contribution in [0.15, 0.2) is 6.20 Å². The third-order valence-corrected chi connectivity index (χ3v) is 4.13. The highest BCUT2D eigenvalue weighted by Crippen LogP contribution is 2.28. The first-order valence-electron chi connectivity index (χ1n) is 6.78. The fraction of sp³-hybridized carbons (Fsp3) is 0.786. The van der Waals surface area contributed by atoms with Crippen molar-refractivity contribution < 1.29 is 0 Å². The first-order valence-corrected chi connectivity index (χ1v) is 6.78. The van der Waals surface area contributed by atoms with Crippen molar-refractivity contribution in [2.45, 2.75) is 52.6 Å². The quantitative estimate of drug-likeness (QED) is 0.873. The highest BCUT2D eigenvalue weighted by atomic mass is 15.2. The van der Waals surface area contributed by atoms with Gasteiger partial charge in [0.25, 0.3) is 0 Å². The van der Waals surface area contributed by atoms with Crippen molar-refractivity contribution in [3.63, 3.8) is 0 Å². The van der Waals surface area contributed by atoms with E-state index in [0.29, 0.717) is 6.04 Å². The highest BCUT2D eigenvalue weighted by Gasteiger charge is 2.25. The van der Waals surface area contributed by atoms with Gasteiger partial charge in [0.15, 0.2) is 0 Å². The van der Waals surface area contributed by atoms with Crippen LogP contribution in [0.1, 0.15) is 44.4 Å². The van der Waals surface area contributed by atoms with E-state index in [1.165, 1.54) is 24.8 Å². The van der Waals surface area contributed by atoms with Crippen LogP contribution in [0.3, 0.4) is 0 Å². The molecule has 1 saturated carbocycles. The van der Waals surface area contributed by atoms with Gasteiger partial charge in [-0.15, -0.1) is 0 Å². The Hall–Kier alpha value is -0.830. The van der Waals surface area contributed by atoms with E-state index < -0.39 is 0 Å². The normalized spacial score (nSPS) is 29.5. The summed E-state index contributed by atoms with van der Waals surface area (Å²) in [5, 5.41) is 8.10. The molecule has 0 spiro atoms. The maximum Gasteiger partial charge on any atom is 0.0638 e. The van der Waals surface area contributed by atoms with Crippen molar-refractivity contribution in [1.82, 2.24) is 15.1 Å². The standard InChI is InChI=1S/C14H25N3/c1-10-5-6-11(2)14(7-10)15-8-13-9-17(4)16-12(13)3/h9-11,14-15H,5-8H2,1-4H3. The summed E-state index contributed by atoms with van der Waals surface area (Å²) in [6.07, 6.45) is 6.20. The van der Waals surface area contributed by atoms with E-state index in [1.807, 2.05) is 11.7 Å². The summed E-state index contributed by atoms with van der Waals surface area (Å²) in [5.41, 5.74) is 2.48. The Morgan fingerprint density at radius 2 is 2.18 bits per heavy atom. The minimum absolute atomic E-state index is 0.679. The Kier molecular flexibility index (Phi) is 3.87. The molecule has 0 radical (unpaired) electrons. The van der Waals surface area contributed by atoms with Gasteiger partial charge in [-0.25, -0.2) is 0 Å². The van der Waals surface area contributed by atoms with E-state index in [-0.39, 0.29) is 0 Å². The molecule has 1 aliphatic carbocycles. The minimum Gasteiger partial charge on any atom is -0.310 e. The zero-order valence-electron chi connectivity index (χ0n) is 11.5. The first-order chi connectivity index (χ1) is 8.06. The molecule has 1 heterocycles. The van der Waals surface area contributed by atoms with Gasteiger partial charge in [-0.3, -0.25) is 4.68 Å². The van der Waals surface area contributed by atoms with Gasteiger partial charge in [0.2, 0.25) is 0 Å². The SMILES string of the molecule is Cc1nn(C)cc1CNC1CC(C)CCC1C. The van der Waals surface area contributed by atoms with E-state index in [1.54, 1.807) is 0 Å². The average molecular weight is 235 g/mol. The lowest BCUT2D eigenvalue weighted by molar-refractivity contribution is 0.227. The topological polar surface area (TPSA) is 29.9 Å². The van der Waals surface area contributed by atoms with Crippen LogP contribution in [0.25, 0.3) is 0 Å². The molecule has 1 aromatic heterocycles. The molecule has 0 aromatic carbocycles. The zero-order valence-corrected chi connectivity index (χ0v) is 11.5. The second-order valence-electron chi connectivity index (χ2n) is 5.80. The number of hydrogen-bond donors (Lipinski definition) is 1. The summed E-state index contributed by atoms with van der Waals surface area (Å²) in [6, 6.07) is 0.679. The molecule has 2 rings (SSSR count). The molecule has 17 heavy (non-hydrogen) atoms. The molecule has 1 aliphatic rings. The fourth-order valence-electron chi connectivity index (χ4n) is 2.88. The summed E-state index contributed by atoms with van der Waals surface area (Å²) < 4.78 is 1.90. The van der Waals surface area contributed by atoms with E-state index in [4.69, 9.17) is 0 Å². The van der Waals surface area contributed by atoms with Gasteiger partial charge in [-0.2, -0.15) is 5.10 Å². The van der Waals surface area contributed by atoms with E-state index >= 15 is 0 Å². The van der Waals surface area contributed by atoms with Gasteiger partial charge in [0.05, 0.1) is 5.69 Å². The number of aryl methyl sites for hydroxylation is 2. The summed E-state index contributed by atoms with van der Waals surface area (Å²) in [6.45, 7) is 7.79. The van der Waals surface area contributed by atoms with Crippen LogP contribution >= 0.6 is 0 Å². The van der Waals surface area contributed by atoms with Crippen molar-refractivity contribution in [3.05, 3.63) is 17.5 Å². The Balaban J connectivity index is 1.90. The third kappa shape index (κ3) is 3.09. The Bertz CT molecular complexity index is 370. The van der Waals surface area contributed by atoms with Gasteiger partial charge in [-0.05, 0) is 31.6 Å². The number of aromatic nitrogens is 2. The smallest absolute Gasteiger partial charge is 0.0638 e. The first kappa shape index (κ1) is 12.6. The van der Waals surface area contributed by atoms with Crippen LogP contribution in [0.4, 0.5) is 0 Å². The van der Waals surface area contributed by atoms with Gasteiger partial charge < -0.3 is 5.32 Å². The summed E-state index contributed by atoms with van der Waals surface area (Å²) in [7, 11) is 1.99. The molecule has 1 fully saturated rings. The molecule has 3 heteroatoms. The van der Waals surface area contributed by atoms with Gasteiger partial charge in [-0.1, -0.05) is 20.3 Å². The maximum absolute atomic E-state index is 4.39. The predicted octanol–water partition coefficient (Wildman–Crippen LogP) is 2.64. The van der Waals surface area contributed by atoms with Crippen molar-refractivity contribution in [3.8, 4) is 0 Å². The van der Waals surface area contributed by atoms with Crippen molar-refractivity contribution in [1.29, 1.82) is 0 Å². The molecule has 0 bridgehead atoms. The predicted molar refractivity (Wildman–Crippen MR) is 70.8 cm³/mol. The minimum atomic E-state index is 0.679. The van der Waals surface area contributed by atoms with Crippen molar-refractivity contribution >= 4 is 0 Å². The molecule has 0 amide bonds. The van der Waals surface area contributed by atoms with Crippen LogP contribution in [0.2, 0.25) is 0 Å². The average Bonchev–Trinajstić information content (AvgIpc) is 2.59. The van der Waals surface area contributed by atoms with Crippen molar-refractivity contribution in [2.24, 2.45) is 18.9 Å². The number of nitrogens with one attached hydrogen (secondary N) is 1. The zero-order chi connectivity index (χ0) is 12.4. The molecule has 96 valence electrons. The second kappa shape index (κ2) is 5.21. The summed E-state index contributed by atoms with van der Waals surface area (Å²) >= 11 is 0. The molecule has 0 aliphatic heterocycles. The summed E-state index contributed by atoms with van der Waals surface area (Å²) in [5.74, 6) is 1.68. The molecule has 3 atom stereocenters. The van der Waals surface area contributed by atoms with Crippen molar-refractivity contribution in [2.75, 3.05) is 0 Å². The number of nitrogens with zero attached hydrogens (tertiary/aromatic N) is 2. The van der Waals surface area contributed by atoms with Crippen LogP contribution in [-0.4, -0.2) is 15.8 Å². The Morgan fingerprint density at radius 3 is 2.82 bits per heavy atom. The molecule has 0 saturated heterocycles. The van der Waals surface area contributed by atoms with Crippen LogP contribution < -0.4 is 5.32 Å². The molecule has 1 N–H and O–H groups in total. The third-order valence-electron chi connectivity index (χ3n) is 4.13. The van der Waals surface area contributed by atoms with Crippen LogP contribution in [-0.2, 0) is 13.6 Å². The van der Waals surface area contributed by atoms with E-state index in [2.05, 4.69) is 37.4 Å². The van der Waals surface area contributed by atoms with Gasteiger partial charge >= 0.3 is 0 Å². The monoisotopic (exact) mass is 235 g/mol. The fourth-order valence-corrected chi connectivity index (χ4v) is 2.88. The van der Waals surface area contributed by atoms with E-state index in [9.17, 15) is 0 Å². The van der Waals surface area contributed by atoms with E-state index in [0.717, 1.165) is 24.1 Å². The van der Waals surface area contributed by atoms with Crippen LogP contribution in [0.5, 0.6) is 0 Å². The molecule has 3 unspecified atom stereocenters. The highest BCUT2D eigenvalue weighted by molar-refractivity contribution is 5.15.